The molecule has 0 bridgehead atoms. The van der Waals surface area contributed by atoms with Gasteiger partial charge in [0.1, 0.15) is 10.7 Å². The van der Waals surface area contributed by atoms with E-state index in [0.717, 1.165) is 19.6 Å². The van der Waals surface area contributed by atoms with Gasteiger partial charge in [-0.05, 0) is 19.1 Å². The van der Waals surface area contributed by atoms with E-state index in [-0.39, 0.29) is 10.9 Å². The highest BCUT2D eigenvalue weighted by atomic mass is 32.2. The molecule has 0 aliphatic carbocycles. The number of primary sulfonamides is 1. The van der Waals surface area contributed by atoms with Crippen molar-refractivity contribution in [2.75, 3.05) is 24.5 Å². The Morgan fingerprint density at radius 2 is 2.35 bits per heavy atom. The summed E-state index contributed by atoms with van der Waals surface area (Å²) in [4.78, 5) is 6.22. The molecule has 0 amide bonds. The van der Waals surface area contributed by atoms with Crippen molar-refractivity contribution < 1.29 is 8.42 Å². The van der Waals surface area contributed by atoms with Crippen molar-refractivity contribution in [3.63, 3.8) is 0 Å². The summed E-state index contributed by atoms with van der Waals surface area (Å²) >= 11 is 0. The van der Waals surface area contributed by atoms with Crippen LogP contribution in [0.25, 0.3) is 0 Å². The first kappa shape index (κ1) is 12.3. The van der Waals surface area contributed by atoms with Crippen molar-refractivity contribution in [1.82, 2.24) is 10.3 Å². The third kappa shape index (κ3) is 2.56. The number of rotatable bonds is 2. The largest absolute Gasteiger partial charge is 0.350 e. The van der Waals surface area contributed by atoms with Crippen LogP contribution >= 0.6 is 0 Å². The first-order valence-electron chi connectivity index (χ1n) is 5.45. The minimum atomic E-state index is -3.73. The fourth-order valence-electron chi connectivity index (χ4n) is 1.98. The Balaban J connectivity index is 2.44. The molecule has 2 rings (SSSR count). The van der Waals surface area contributed by atoms with Crippen LogP contribution in [0.4, 0.5) is 5.82 Å². The summed E-state index contributed by atoms with van der Waals surface area (Å²) in [6, 6.07) is 3.27. The SMILES string of the molecule is C[C@H]1CNCCN1c1ncccc1S(N)(=O)=O. The lowest BCUT2D eigenvalue weighted by Gasteiger charge is -2.35. The molecule has 1 fully saturated rings. The van der Waals surface area contributed by atoms with E-state index >= 15 is 0 Å². The van der Waals surface area contributed by atoms with Crippen molar-refractivity contribution in [1.29, 1.82) is 0 Å². The summed E-state index contributed by atoms with van der Waals surface area (Å²) in [5, 5.41) is 8.44. The number of nitrogens with zero attached hydrogens (tertiary/aromatic N) is 2. The molecule has 2 heterocycles. The van der Waals surface area contributed by atoms with Gasteiger partial charge in [0.15, 0.2) is 0 Å². The van der Waals surface area contributed by atoms with E-state index in [2.05, 4.69) is 10.3 Å². The lowest BCUT2D eigenvalue weighted by Crippen LogP contribution is -2.50. The Morgan fingerprint density at radius 1 is 1.59 bits per heavy atom. The van der Waals surface area contributed by atoms with Gasteiger partial charge in [-0.15, -0.1) is 0 Å². The zero-order valence-electron chi connectivity index (χ0n) is 9.63. The van der Waals surface area contributed by atoms with Gasteiger partial charge in [0.05, 0.1) is 0 Å². The Hall–Kier alpha value is -1.18. The van der Waals surface area contributed by atoms with Crippen molar-refractivity contribution >= 4 is 15.8 Å². The molecule has 1 aromatic heterocycles. The molecule has 6 nitrogen and oxygen atoms in total. The second-order valence-electron chi connectivity index (χ2n) is 4.12. The molecule has 94 valence electrons. The molecule has 0 saturated carbocycles. The van der Waals surface area contributed by atoms with Crippen LogP contribution < -0.4 is 15.4 Å². The number of piperazine rings is 1. The predicted octanol–water partition coefficient (Wildman–Crippen LogP) is -0.473. The smallest absolute Gasteiger partial charge is 0.241 e. The van der Waals surface area contributed by atoms with Crippen LogP contribution in [0.3, 0.4) is 0 Å². The number of nitrogens with two attached hydrogens (primary N) is 1. The van der Waals surface area contributed by atoms with Crippen molar-refractivity contribution in [3.8, 4) is 0 Å². The maximum absolute atomic E-state index is 11.5. The second kappa shape index (κ2) is 4.59. The molecular formula is C10H16N4O2S. The molecular weight excluding hydrogens is 240 g/mol. The van der Waals surface area contributed by atoms with E-state index in [1.165, 1.54) is 6.07 Å². The summed E-state index contributed by atoms with van der Waals surface area (Å²) in [5.41, 5.74) is 0. The van der Waals surface area contributed by atoms with Gasteiger partial charge in [-0.25, -0.2) is 18.5 Å². The number of sulfonamides is 1. The molecule has 17 heavy (non-hydrogen) atoms. The molecule has 0 radical (unpaired) electrons. The summed E-state index contributed by atoms with van der Waals surface area (Å²) in [6.45, 7) is 4.36. The Kier molecular flexibility index (Phi) is 3.32. The van der Waals surface area contributed by atoms with Crippen LogP contribution in [-0.4, -0.2) is 39.1 Å². The van der Waals surface area contributed by atoms with Crippen molar-refractivity contribution in [3.05, 3.63) is 18.3 Å². The van der Waals surface area contributed by atoms with Crippen molar-refractivity contribution in [2.45, 2.75) is 17.9 Å². The summed E-state index contributed by atoms with van der Waals surface area (Å²) in [5.74, 6) is 0.448. The molecule has 3 N–H and O–H groups in total. The Morgan fingerprint density at radius 3 is 3.00 bits per heavy atom. The van der Waals surface area contributed by atoms with Gasteiger partial charge in [-0.3, -0.25) is 0 Å². The first-order valence-corrected chi connectivity index (χ1v) is 7.00. The van der Waals surface area contributed by atoms with Crippen LogP contribution in [0.5, 0.6) is 0 Å². The van der Waals surface area contributed by atoms with Crippen LogP contribution in [0.1, 0.15) is 6.92 Å². The molecule has 7 heteroatoms. The van der Waals surface area contributed by atoms with Gasteiger partial charge in [-0.2, -0.15) is 0 Å². The van der Waals surface area contributed by atoms with Gasteiger partial charge in [0, 0.05) is 31.9 Å². The number of aromatic nitrogens is 1. The van der Waals surface area contributed by atoms with Crippen LogP contribution in [0, 0.1) is 0 Å². The van der Waals surface area contributed by atoms with E-state index in [9.17, 15) is 8.42 Å². The number of nitrogens with one attached hydrogen (secondary N) is 1. The molecule has 1 aliphatic heterocycles. The Labute approximate surface area is 101 Å². The quantitative estimate of drug-likeness (QED) is 0.746. The number of pyridine rings is 1. The fourth-order valence-corrected chi connectivity index (χ4v) is 2.67. The monoisotopic (exact) mass is 256 g/mol. The minimum absolute atomic E-state index is 0.0914. The molecule has 1 aliphatic rings. The van der Waals surface area contributed by atoms with Crippen molar-refractivity contribution in [2.24, 2.45) is 5.14 Å². The lowest BCUT2D eigenvalue weighted by molar-refractivity contribution is 0.493. The van der Waals surface area contributed by atoms with E-state index in [1.807, 2.05) is 11.8 Å². The molecule has 0 spiro atoms. The third-order valence-corrected chi connectivity index (χ3v) is 3.76. The highest BCUT2D eigenvalue weighted by Gasteiger charge is 2.25. The third-order valence-electron chi connectivity index (χ3n) is 2.83. The first-order chi connectivity index (χ1) is 8.00. The Bertz CT molecular complexity index is 503. The van der Waals surface area contributed by atoms with Gasteiger partial charge < -0.3 is 10.2 Å². The van der Waals surface area contributed by atoms with Crippen LogP contribution in [0.2, 0.25) is 0 Å². The zero-order valence-corrected chi connectivity index (χ0v) is 10.4. The summed E-state index contributed by atoms with van der Waals surface area (Å²) < 4.78 is 23.0. The van der Waals surface area contributed by atoms with E-state index < -0.39 is 10.0 Å². The standard InChI is InChI=1S/C10H16N4O2S/c1-8-7-12-5-6-14(8)10-9(17(11,15)16)3-2-4-13-10/h2-4,8,12H,5-7H2,1H3,(H2,11,15,16)/t8-/m0/s1. The zero-order chi connectivity index (χ0) is 12.5. The average molecular weight is 256 g/mol. The minimum Gasteiger partial charge on any atom is -0.350 e. The molecule has 0 aromatic carbocycles. The number of anilines is 1. The topological polar surface area (TPSA) is 88.3 Å². The van der Waals surface area contributed by atoms with Gasteiger partial charge >= 0.3 is 0 Å². The van der Waals surface area contributed by atoms with Gasteiger partial charge in [0.2, 0.25) is 10.0 Å². The maximum atomic E-state index is 11.5. The van der Waals surface area contributed by atoms with Crippen LogP contribution in [-0.2, 0) is 10.0 Å². The highest BCUT2D eigenvalue weighted by Crippen LogP contribution is 2.23. The van der Waals surface area contributed by atoms with E-state index in [4.69, 9.17) is 5.14 Å². The number of hydrogen-bond acceptors (Lipinski definition) is 5. The molecule has 1 saturated heterocycles. The highest BCUT2D eigenvalue weighted by molar-refractivity contribution is 7.89. The molecule has 1 atom stereocenters. The van der Waals surface area contributed by atoms with Gasteiger partial charge in [-0.1, -0.05) is 0 Å². The van der Waals surface area contributed by atoms with E-state index in [1.54, 1.807) is 12.3 Å². The molecule has 0 unspecified atom stereocenters. The van der Waals surface area contributed by atoms with Crippen LogP contribution in [0.15, 0.2) is 23.2 Å². The number of hydrogen-bond donors (Lipinski definition) is 2. The average Bonchev–Trinajstić information content (AvgIpc) is 2.28. The van der Waals surface area contributed by atoms with E-state index in [0.29, 0.717) is 5.82 Å². The fraction of sp³-hybridized carbons (Fsp3) is 0.500. The second-order valence-corrected chi connectivity index (χ2v) is 5.65. The normalized spacial score (nSPS) is 21.5. The molecule has 1 aromatic rings. The summed E-state index contributed by atoms with van der Waals surface area (Å²) in [7, 11) is -3.73. The lowest BCUT2D eigenvalue weighted by atomic mass is 10.2. The maximum Gasteiger partial charge on any atom is 0.241 e. The predicted molar refractivity (Wildman–Crippen MR) is 65.3 cm³/mol. The summed E-state index contributed by atoms with van der Waals surface area (Å²) in [6.07, 6.45) is 1.58. The van der Waals surface area contributed by atoms with Gasteiger partial charge in [0.25, 0.3) is 0 Å².